The van der Waals surface area contributed by atoms with Crippen LogP contribution in [-0.4, -0.2) is 12.1 Å². The number of fused-ring (bicyclic) bond motifs is 1. The minimum Gasteiger partial charge on any atom is -0.463 e. The lowest BCUT2D eigenvalue weighted by atomic mass is 10.0. The van der Waals surface area contributed by atoms with Crippen molar-refractivity contribution in [3.63, 3.8) is 0 Å². The van der Waals surface area contributed by atoms with Crippen LogP contribution in [0.15, 0.2) is 57.0 Å². The maximum Gasteiger partial charge on any atom is 0.271 e. The van der Waals surface area contributed by atoms with Crippen molar-refractivity contribution in [3.8, 4) is 0 Å². The maximum atomic E-state index is 12.7. The van der Waals surface area contributed by atoms with Crippen LogP contribution in [0.5, 0.6) is 0 Å². The third-order valence-corrected chi connectivity index (χ3v) is 5.46. The standard InChI is InChI=1S/C21H19IN2O3/c1-12(2)14-6-7-19-17(8-14)20(25)16(11-27-19)10-23-24-21(26)15-5-4-13(3)18(22)9-15/h4-12H,1-3H3,(H,24,26)/b23-10+. The average molecular weight is 474 g/mol. The zero-order valence-corrected chi connectivity index (χ0v) is 17.4. The molecule has 27 heavy (non-hydrogen) atoms. The molecule has 0 aliphatic carbocycles. The fourth-order valence-corrected chi connectivity index (χ4v) is 3.09. The quantitative estimate of drug-likeness (QED) is 0.342. The number of aryl methyl sites for hydroxylation is 1. The van der Waals surface area contributed by atoms with Crippen molar-refractivity contribution in [1.29, 1.82) is 0 Å². The van der Waals surface area contributed by atoms with Crippen LogP contribution >= 0.6 is 22.6 Å². The van der Waals surface area contributed by atoms with Gasteiger partial charge in [-0.1, -0.05) is 26.0 Å². The van der Waals surface area contributed by atoms with Gasteiger partial charge in [-0.25, -0.2) is 5.43 Å². The van der Waals surface area contributed by atoms with Crippen LogP contribution in [0.25, 0.3) is 11.0 Å². The first-order chi connectivity index (χ1) is 12.9. The van der Waals surface area contributed by atoms with Gasteiger partial charge in [0.25, 0.3) is 5.91 Å². The summed E-state index contributed by atoms with van der Waals surface area (Å²) < 4.78 is 6.52. The van der Waals surface area contributed by atoms with Gasteiger partial charge in [-0.3, -0.25) is 9.59 Å². The third kappa shape index (κ3) is 4.27. The van der Waals surface area contributed by atoms with E-state index in [0.717, 1.165) is 14.7 Å². The predicted octanol–water partition coefficient (Wildman–Crippen LogP) is 4.59. The van der Waals surface area contributed by atoms with Crippen LogP contribution < -0.4 is 10.9 Å². The molecule has 5 nitrogen and oxygen atoms in total. The summed E-state index contributed by atoms with van der Waals surface area (Å²) >= 11 is 2.18. The second-order valence-corrected chi connectivity index (χ2v) is 7.76. The van der Waals surface area contributed by atoms with Gasteiger partial charge in [-0.05, 0) is 70.8 Å². The second kappa shape index (κ2) is 8.04. The van der Waals surface area contributed by atoms with Crippen LogP contribution in [-0.2, 0) is 0 Å². The highest BCUT2D eigenvalue weighted by Crippen LogP contribution is 2.19. The summed E-state index contributed by atoms with van der Waals surface area (Å²) in [5.41, 5.74) is 5.75. The molecule has 0 saturated heterocycles. The molecule has 0 saturated carbocycles. The van der Waals surface area contributed by atoms with E-state index >= 15 is 0 Å². The Bertz CT molecular complexity index is 1100. The average Bonchev–Trinajstić information content (AvgIpc) is 2.65. The number of carbonyl (C=O) groups excluding carboxylic acids is 1. The normalized spacial score (nSPS) is 11.4. The van der Waals surface area contributed by atoms with Gasteiger partial charge >= 0.3 is 0 Å². The lowest BCUT2D eigenvalue weighted by molar-refractivity contribution is 0.0955. The fraction of sp³-hybridized carbons (Fsp3) is 0.190. The molecule has 3 aromatic rings. The van der Waals surface area contributed by atoms with Crippen LogP contribution in [0, 0.1) is 10.5 Å². The molecule has 3 rings (SSSR count). The summed E-state index contributed by atoms with van der Waals surface area (Å²) in [6, 6.07) is 11.0. The molecule has 0 atom stereocenters. The third-order valence-electron chi connectivity index (χ3n) is 4.29. The molecular weight excluding hydrogens is 455 g/mol. The molecule has 1 heterocycles. The predicted molar refractivity (Wildman–Crippen MR) is 116 cm³/mol. The molecule has 0 aliphatic rings. The van der Waals surface area contributed by atoms with Crippen molar-refractivity contribution in [2.24, 2.45) is 5.10 Å². The Morgan fingerprint density at radius 1 is 1.22 bits per heavy atom. The van der Waals surface area contributed by atoms with E-state index < -0.39 is 0 Å². The molecule has 0 unspecified atom stereocenters. The van der Waals surface area contributed by atoms with Gasteiger partial charge in [0.05, 0.1) is 17.2 Å². The maximum absolute atomic E-state index is 12.7. The number of rotatable bonds is 4. The van der Waals surface area contributed by atoms with Crippen molar-refractivity contribution in [3.05, 3.63) is 78.7 Å². The minimum atomic E-state index is -0.337. The van der Waals surface area contributed by atoms with Gasteiger partial charge < -0.3 is 4.42 Å². The number of amides is 1. The Balaban J connectivity index is 1.83. The summed E-state index contributed by atoms with van der Waals surface area (Å²) in [4.78, 5) is 24.9. The van der Waals surface area contributed by atoms with E-state index in [1.54, 1.807) is 18.2 Å². The smallest absolute Gasteiger partial charge is 0.271 e. The highest BCUT2D eigenvalue weighted by Gasteiger charge is 2.09. The van der Waals surface area contributed by atoms with E-state index in [-0.39, 0.29) is 16.9 Å². The van der Waals surface area contributed by atoms with Crippen LogP contribution in [0.4, 0.5) is 0 Å². The monoisotopic (exact) mass is 474 g/mol. The largest absolute Gasteiger partial charge is 0.463 e. The number of nitrogens with zero attached hydrogens (tertiary/aromatic N) is 1. The molecular formula is C21H19IN2O3. The number of carbonyl (C=O) groups is 1. The van der Waals surface area contributed by atoms with Crippen molar-refractivity contribution >= 4 is 45.7 Å². The van der Waals surface area contributed by atoms with Crippen molar-refractivity contribution < 1.29 is 9.21 Å². The highest BCUT2D eigenvalue weighted by molar-refractivity contribution is 14.1. The van der Waals surface area contributed by atoms with Gasteiger partial charge in [0.1, 0.15) is 11.8 Å². The number of hydrazone groups is 1. The van der Waals surface area contributed by atoms with Gasteiger partial charge in [-0.15, -0.1) is 0 Å². The van der Waals surface area contributed by atoms with Gasteiger partial charge in [0.15, 0.2) is 0 Å². The van der Waals surface area contributed by atoms with Crippen LogP contribution in [0.1, 0.15) is 46.8 Å². The zero-order valence-electron chi connectivity index (χ0n) is 15.2. The number of benzene rings is 2. The number of nitrogens with one attached hydrogen (secondary N) is 1. The first-order valence-electron chi connectivity index (χ1n) is 8.52. The summed E-state index contributed by atoms with van der Waals surface area (Å²) in [6.07, 6.45) is 2.66. The van der Waals surface area contributed by atoms with Gasteiger partial charge in [0, 0.05) is 9.13 Å². The van der Waals surface area contributed by atoms with Gasteiger partial charge in [-0.2, -0.15) is 5.10 Å². The van der Waals surface area contributed by atoms with E-state index in [2.05, 4.69) is 47.0 Å². The Morgan fingerprint density at radius 2 is 2.00 bits per heavy atom. The number of hydrogen-bond donors (Lipinski definition) is 1. The topological polar surface area (TPSA) is 71.7 Å². The minimum absolute atomic E-state index is 0.179. The van der Waals surface area contributed by atoms with E-state index in [0.29, 0.717) is 22.5 Å². The lowest BCUT2D eigenvalue weighted by Gasteiger charge is -2.06. The molecule has 0 spiro atoms. The molecule has 2 aromatic carbocycles. The molecule has 6 heteroatoms. The molecule has 0 radical (unpaired) electrons. The van der Waals surface area contributed by atoms with E-state index in [4.69, 9.17) is 4.42 Å². The SMILES string of the molecule is Cc1ccc(C(=O)N/N=C/c2coc3ccc(C(C)C)cc3c2=O)cc1I. The molecule has 1 N–H and O–H groups in total. The Kier molecular flexibility index (Phi) is 5.74. The molecule has 1 aromatic heterocycles. The van der Waals surface area contributed by atoms with E-state index in [1.165, 1.54) is 12.5 Å². The van der Waals surface area contributed by atoms with E-state index in [1.807, 2.05) is 25.1 Å². The van der Waals surface area contributed by atoms with Gasteiger partial charge in [0.2, 0.25) is 5.43 Å². The first-order valence-corrected chi connectivity index (χ1v) is 9.59. The Morgan fingerprint density at radius 3 is 2.70 bits per heavy atom. The van der Waals surface area contributed by atoms with Crippen molar-refractivity contribution in [1.82, 2.24) is 5.43 Å². The zero-order chi connectivity index (χ0) is 19.6. The molecule has 0 fully saturated rings. The summed E-state index contributed by atoms with van der Waals surface area (Å²) in [5.74, 6) is -0.0286. The Labute approximate surface area is 170 Å². The van der Waals surface area contributed by atoms with E-state index in [9.17, 15) is 9.59 Å². The van der Waals surface area contributed by atoms with Crippen molar-refractivity contribution in [2.45, 2.75) is 26.7 Å². The fourth-order valence-electron chi connectivity index (χ4n) is 2.57. The molecule has 0 bridgehead atoms. The van der Waals surface area contributed by atoms with Crippen molar-refractivity contribution in [2.75, 3.05) is 0 Å². The number of halogens is 1. The van der Waals surface area contributed by atoms with Crippen LogP contribution in [0.3, 0.4) is 0 Å². The highest BCUT2D eigenvalue weighted by atomic mass is 127. The molecule has 1 amide bonds. The Hall–Kier alpha value is -2.48. The number of hydrogen-bond acceptors (Lipinski definition) is 4. The second-order valence-electron chi connectivity index (χ2n) is 6.59. The lowest BCUT2D eigenvalue weighted by Crippen LogP contribution is -2.18. The van der Waals surface area contributed by atoms with Crippen LogP contribution in [0.2, 0.25) is 0 Å². The summed E-state index contributed by atoms with van der Waals surface area (Å²) in [7, 11) is 0. The first kappa shape index (κ1) is 19.3. The molecule has 138 valence electrons. The summed E-state index contributed by atoms with van der Waals surface area (Å²) in [6.45, 7) is 6.11. The molecule has 0 aliphatic heterocycles. The summed E-state index contributed by atoms with van der Waals surface area (Å²) in [5, 5.41) is 4.41.